The molecule has 7 heteroatoms. The Hall–Kier alpha value is 0.0700. The topological polar surface area (TPSA) is 59.6 Å². The van der Waals surface area contributed by atoms with Crippen LogP contribution in [0.15, 0.2) is 0 Å². The minimum atomic E-state index is -1.14. The lowest BCUT2D eigenvalue weighted by Crippen LogP contribution is -2.37. The van der Waals surface area contributed by atoms with E-state index in [1.165, 1.54) is 0 Å². The number of ether oxygens (including phenoxy) is 1. The minimum Gasteiger partial charge on any atom is -0.464 e. The van der Waals surface area contributed by atoms with Crippen molar-refractivity contribution in [2.24, 2.45) is 5.41 Å². The van der Waals surface area contributed by atoms with Gasteiger partial charge in [0.15, 0.2) is 8.45 Å². The van der Waals surface area contributed by atoms with Crippen LogP contribution in [0.1, 0.15) is 41.5 Å². The molecule has 2 atom stereocenters. The molecular formula is C12H26ClN2O3P. The molecule has 0 saturated carbocycles. The molecule has 0 rings (SSSR count). The molecule has 0 bridgehead atoms. The third-order valence-corrected chi connectivity index (χ3v) is 3.89. The van der Waals surface area contributed by atoms with Crippen molar-refractivity contribution < 1.29 is 14.1 Å². The van der Waals surface area contributed by atoms with E-state index in [4.69, 9.17) is 20.9 Å². The Morgan fingerprint density at radius 1 is 1.26 bits per heavy atom. The maximum Gasteiger partial charge on any atom is 0.323 e. The van der Waals surface area contributed by atoms with Crippen LogP contribution < -0.4 is 10.2 Å². The third-order valence-electron chi connectivity index (χ3n) is 1.87. The summed E-state index contributed by atoms with van der Waals surface area (Å²) in [4.78, 5) is 11.8. The number of hydrogen-bond donors (Lipinski definition) is 2. The molecule has 0 radical (unpaired) electrons. The first kappa shape index (κ1) is 19.1. The number of hydrogen-bond acceptors (Lipinski definition) is 5. The smallest absolute Gasteiger partial charge is 0.323 e. The van der Waals surface area contributed by atoms with Crippen LogP contribution in [0, 0.1) is 5.41 Å². The molecule has 0 aromatic carbocycles. The molecule has 2 N–H and O–H groups in total. The van der Waals surface area contributed by atoms with Gasteiger partial charge in [0.05, 0.1) is 6.61 Å². The van der Waals surface area contributed by atoms with Crippen LogP contribution in [0.3, 0.4) is 0 Å². The van der Waals surface area contributed by atoms with Crippen LogP contribution in [-0.2, 0) is 14.1 Å². The fourth-order valence-electron chi connectivity index (χ4n) is 1.04. The molecule has 0 fully saturated rings. The summed E-state index contributed by atoms with van der Waals surface area (Å²) in [7, 11) is -1.14. The maximum atomic E-state index is 11.8. The SMILES string of the molecule is CC(C)NP(NC(C)C(=O)OCC(C)(C)C)OCCl. The average Bonchev–Trinajstić information content (AvgIpc) is 2.24. The molecule has 0 aromatic heterocycles. The number of carbonyl (C=O) groups is 1. The van der Waals surface area contributed by atoms with E-state index in [1.807, 2.05) is 34.6 Å². The van der Waals surface area contributed by atoms with Crippen LogP contribution in [0.4, 0.5) is 0 Å². The van der Waals surface area contributed by atoms with Crippen molar-refractivity contribution in [2.75, 3.05) is 12.7 Å². The van der Waals surface area contributed by atoms with Crippen molar-refractivity contribution in [3.8, 4) is 0 Å². The molecule has 2 unspecified atom stereocenters. The first-order valence-corrected chi connectivity index (χ1v) is 8.13. The lowest BCUT2D eigenvalue weighted by Gasteiger charge is -2.24. The number of alkyl halides is 1. The highest BCUT2D eigenvalue weighted by Crippen LogP contribution is 2.29. The van der Waals surface area contributed by atoms with E-state index < -0.39 is 14.5 Å². The van der Waals surface area contributed by atoms with Gasteiger partial charge in [-0.3, -0.25) is 9.88 Å². The summed E-state index contributed by atoms with van der Waals surface area (Å²) < 4.78 is 10.6. The van der Waals surface area contributed by atoms with Crippen molar-refractivity contribution in [1.82, 2.24) is 10.2 Å². The molecule has 19 heavy (non-hydrogen) atoms. The molecule has 0 saturated heterocycles. The van der Waals surface area contributed by atoms with Crippen LogP contribution in [-0.4, -0.2) is 30.7 Å². The number of esters is 1. The molecule has 0 aliphatic rings. The van der Waals surface area contributed by atoms with Crippen LogP contribution >= 0.6 is 20.1 Å². The summed E-state index contributed by atoms with van der Waals surface area (Å²) in [6, 6.07) is -0.134. The van der Waals surface area contributed by atoms with Crippen molar-refractivity contribution in [1.29, 1.82) is 0 Å². The molecule has 0 aliphatic heterocycles. The Bertz CT molecular complexity index is 272. The van der Waals surface area contributed by atoms with Gasteiger partial charge >= 0.3 is 5.97 Å². The lowest BCUT2D eigenvalue weighted by molar-refractivity contribution is -0.147. The van der Waals surface area contributed by atoms with Gasteiger partial charge in [0.25, 0.3) is 0 Å². The Kier molecular flexibility index (Phi) is 9.12. The standard InChI is InChI=1S/C12H26ClN2O3P/c1-9(2)14-19(18-8-13)15-10(3)11(16)17-7-12(4,5)6/h9-10,14-15H,7-8H2,1-6H3. The highest BCUT2D eigenvalue weighted by atomic mass is 35.5. The van der Waals surface area contributed by atoms with Gasteiger partial charge in [0.1, 0.15) is 12.1 Å². The molecular weight excluding hydrogens is 287 g/mol. The number of halogens is 1. The van der Waals surface area contributed by atoms with E-state index in [2.05, 4.69) is 10.2 Å². The van der Waals surface area contributed by atoms with Gasteiger partial charge in [-0.25, -0.2) is 5.09 Å². The highest BCUT2D eigenvalue weighted by molar-refractivity contribution is 7.48. The molecule has 0 aromatic rings. The summed E-state index contributed by atoms with van der Waals surface area (Å²) in [6.45, 7) is 12.2. The highest BCUT2D eigenvalue weighted by Gasteiger charge is 2.22. The monoisotopic (exact) mass is 312 g/mol. The zero-order valence-electron chi connectivity index (χ0n) is 12.6. The van der Waals surface area contributed by atoms with Gasteiger partial charge < -0.3 is 9.26 Å². The lowest BCUT2D eigenvalue weighted by atomic mass is 9.99. The van der Waals surface area contributed by atoms with Gasteiger partial charge in [-0.2, -0.15) is 0 Å². The fraction of sp³-hybridized carbons (Fsp3) is 0.917. The first-order valence-electron chi connectivity index (χ1n) is 6.33. The van der Waals surface area contributed by atoms with Crippen LogP contribution in [0.2, 0.25) is 0 Å². The second kappa shape index (κ2) is 9.09. The van der Waals surface area contributed by atoms with Gasteiger partial charge in [-0.15, -0.1) is 0 Å². The van der Waals surface area contributed by atoms with Gasteiger partial charge in [-0.05, 0) is 26.2 Å². The van der Waals surface area contributed by atoms with Crippen LogP contribution in [0.25, 0.3) is 0 Å². The summed E-state index contributed by atoms with van der Waals surface area (Å²) >= 11 is 5.56. The van der Waals surface area contributed by atoms with Crippen molar-refractivity contribution in [2.45, 2.75) is 53.6 Å². The summed E-state index contributed by atoms with van der Waals surface area (Å²) in [5.74, 6) is -0.286. The first-order chi connectivity index (χ1) is 8.65. The van der Waals surface area contributed by atoms with Crippen molar-refractivity contribution in [3.63, 3.8) is 0 Å². The van der Waals surface area contributed by atoms with E-state index in [-0.39, 0.29) is 23.5 Å². The largest absolute Gasteiger partial charge is 0.464 e. The Balaban J connectivity index is 4.22. The van der Waals surface area contributed by atoms with Gasteiger partial charge in [0, 0.05) is 6.04 Å². The Morgan fingerprint density at radius 2 is 1.84 bits per heavy atom. The maximum absolute atomic E-state index is 11.8. The Morgan fingerprint density at radius 3 is 2.26 bits per heavy atom. The van der Waals surface area contributed by atoms with E-state index in [0.717, 1.165) is 0 Å². The van der Waals surface area contributed by atoms with E-state index >= 15 is 0 Å². The van der Waals surface area contributed by atoms with Gasteiger partial charge in [-0.1, -0.05) is 32.4 Å². The Labute approximate surface area is 122 Å². The zero-order chi connectivity index (χ0) is 15.1. The zero-order valence-corrected chi connectivity index (χ0v) is 14.3. The molecule has 0 aliphatic carbocycles. The van der Waals surface area contributed by atoms with E-state index in [0.29, 0.717) is 6.61 Å². The number of nitrogens with one attached hydrogen (secondary N) is 2. The normalized spacial score (nSPS) is 15.4. The van der Waals surface area contributed by atoms with Crippen molar-refractivity contribution in [3.05, 3.63) is 0 Å². The summed E-state index contributed by atoms with van der Waals surface area (Å²) in [5.41, 5.74) is -0.0388. The van der Waals surface area contributed by atoms with Crippen LogP contribution in [0.5, 0.6) is 0 Å². The second-order valence-electron chi connectivity index (χ2n) is 5.84. The molecule has 114 valence electrons. The van der Waals surface area contributed by atoms with E-state index in [9.17, 15) is 4.79 Å². The quantitative estimate of drug-likeness (QED) is 0.410. The second-order valence-corrected chi connectivity index (χ2v) is 7.42. The molecule has 0 heterocycles. The summed E-state index contributed by atoms with van der Waals surface area (Å²) in [5, 5.41) is 6.24. The minimum absolute atomic E-state index is 0.0388. The van der Waals surface area contributed by atoms with Crippen molar-refractivity contribution >= 4 is 26.0 Å². The molecule has 5 nitrogen and oxygen atoms in total. The number of carbonyl (C=O) groups excluding carboxylic acids is 1. The molecule has 0 amide bonds. The summed E-state index contributed by atoms with van der Waals surface area (Å²) in [6.07, 6.45) is 0. The third kappa shape index (κ3) is 10.5. The van der Waals surface area contributed by atoms with E-state index in [1.54, 1.807) is 6.92 Å². The molecule has 0 spiro atoms. The predicted octanol–water partition coefficient (Wildman–Crippen LogP) is 2.99. The average molecular weight is 313 g/mol. The van der Waals surface area contributed by atoms with Gasteiger partial charge in [0.2, 0.25) is 0 Å². The number of rotatable bonds is 8. The fourth-order valence-corrected chi connectivity index (χ4v) is 2.58. The predicted molar refractivity (Wildman–Crippen MR) is 80.0 cm³/mol.